The van der Waals surface area contributed by atoms with Gasteiger partial charge < -0.3 is 10.6 Å². The van der Waals surface area contributed by atoms with Crippen LogP contribution in [0.25, 0.3) is 0 Å². The Balaban J connectivity index is 2.25. The maximum atomic E-state index is 11.8. The molecule has 16 heavy (non-hydrogen) atoms. The van der Waals surface area contributed by atoms with Crippen molar-refractivity contribution in [3.63, 3.8) is 0 Å². The molecule has 3 unspecified atom stereocenters. The Kier molecular flexibility index (Phi) is 6.21. The first-order valence-electron chi connectivity index (χ1n) is 6.24. The van der Waals surface area contributed by atoms with Gasteiger partial charge in [-0.05, 0) is 32.1 Å². The number of hydrogen-bond acceptors (Lipinski definition) is 3. The van der Waals surface area contributed by atoms with Gasteiger partial charge in [0.25, 0.3) is 0 Å². The maximum Gasteiger partial charge on any atom is 0.224 e. The van der Waals surface area contributed by atoms with Crippen molar-refractivity contribution in [2.24, 2.45) is 5.92 Å². The van der Waals surface area contributed by atoms with Crippen molar-refractivity contribution < 1.29 is 4.79 Å². The molecule has 0 aromatic carbocycles. The molecule has 1 aliphatic carbocycles. The molecule has 0 bridgehead atoms. The van der Waals surface area contributed by atoms with Gasteiger partial charge in [0.05, 0.1) is 0 Å². The minimum atomic E-state index is 0.0721. The monoisotopic (exact) mass is 244 g/mol. The first-order chi connectivity index (χ1) is 7.67. The third-order valence-corrected chi connectivity index (χ3v) is 4.32. The highest BCUT2D eigenvalue weighted by atomic mass is 32.2. The topological polar surface area (TPSA) is 41.1 Å². The fraction of sp³-hybridized carbons (Fsp3) is 0.917. The third kappa shape index (κ3) is 4.34. The first-order valence-corrected chi connectivity index (χ1v) is 7.28. The summed E-state index contributed by atoms with van der Waals surface area (Å²) < 4.78 is 0. The van der Waals surface area contributed by atoms with Crippen molar-refractivity contribution in [1.82, 2.24) is 10.6 Å². The van der Waals surface area contributed by atoms with Crippen LogP contribution in [0.5, 0.6) is 0 Å². The minimum Gasteiger partial charge on any atom is -0.353 e. The number of rotatable bonds is 6. The number of carbonyl (C=O) groups is 1. The summed E-state index contributed by atoms with van der Waals surface area (Å²) in [4.78, 5) is 11.8. The summed E-state index contributed by atoms with van der Waals surface area (Å²) in [6.45, 7) is 4.93. The molecule has 3 nitrogen and oxygen atoms in total. The molecular weight excluding hydrogens is 220 g/mol. The van der Waals surface area contributed by atoms with Gasteiger partial charge in [0, 0.05) is 23.8 Å². The lowest BCUT2D eigenvalue weighted by Gasteiger charge is -2.16. The van der Waals surface area contributed by atoms with E-state index in [2.05, 4.69) is 17.6 Å². The fourth-order valence-electron chi connectivity index (χ4n) is 2.20. The first kappa shape index (κ1) is 13.8. The standard InChI is InChI=1S/C12H24N2OS/c1-4-16-11-6-5-10(7-11)14-12(15)9(2)8-13-3/h9-11,13H,4-8H2,1-3H3,(H,14,15). The lowest BCUT2D eigenvalue weighted by atomic mass is 10.1. The molecule has 0 spiro atoms. The van der Waals surface area contributed by atoms with E-state index < -0.39 is 0 Å². The predicted molar refractivity (Wildman–Crippen MR) is 70.8 cm³/mol. The molecule has 4 heteroatoms. The Morgan fingerprint density at radius 1 is 1.50 bits per heavy atom. The lowest BCUT2D eigenvalue weighted by molar-refractivity contribution is -0.125. The molecule has 1 amide bonds. The Hall–Kier alpha value is -0.220. The van der Waals surface area contributed by atoms with E-state index in [9.17, 15) is 4.79 Å². The smallest absolute Gasteiger partial charge is 0.224 e. The van der Waals surface area contributed by atoms with Crippen molar-refractivity contribution in [3.8, 4) is 0 Å². The van der Waals surface area contributed by atoms with Crippen molar-refractivity contribution >= 4 is 17.7 Å². The molecule has 0 heterocycles. The Morgan fingerprint density at radius 2 is 2.25 bits per heavy atom. The molecule has 0 aromatic heterocycles. The number of carbonyl (C=O) groups excluding carboxylic acids is 1. The van der Waals surface area contributed by atoms with Crippen molar-refractivity contribution in [2.75, 3.05) is 19.3 Å². The molecule has 0 aromatic rings. The summed E-state index contributed by atoms with van der Waals surface area (Å²) in [5.41, 5.74) is 0. The highest BCUT2D eigenvalue weighted by Crippen LogP contribution is 2.29. The van der Waals surface area contributed by atoms with Crippen molar-refractivity contribution in [1.29, 1.82) is 0 Å². The summed E-state index contributed by atoms with van der Waals surface area (Å²) >= 11 is 2.02. The molecule has 0 saturated heterocycles. The molecule has 0 aliphatic heterocycles. The molecule has 1 saturated carbocycles. The minimum absolute atomic E-state index is 0.0721. The summed E-state index contributed by atoms with van der Waals surface area (Å²) in [7, 11) is 1.88. The van der Waals surface area contributed by atoms with E-state index in [4.69, 9.17) is 0 Å². The van der Waals surface area contributed by atoms with Crippen LogP contribution in [0, 0.1) is 5.92 Å². The molecule has 1 fully saturated rings. The van der Waals surface area contributed by atoms with Gasteiger partial charge in [-0.2, -0.15) is 11.8 Å². The SMILES string of the molecule is CCSC1CCC(NC(=O)C(C)CNC)C1. The van der Waals surface area contributed by atoms with E-state index >= 15 is 0 Å². The molecular formula is C12H24N2OS. The van der Waals surface area contributed by atoms with Gasteiger partial charge >= 0.3 is 0 Å². The number of hydrogen-bond donors (Lipinski definition) is 2. The van der Waals surface area contributed by atoms with Crippen LogP contribution >= 0.6 is 11.8 Å². The summed E-state index contributed by atoms with van der Waals surface area (Å²) in [6.07, 6.45) is 3.55. The molecule has 3 atom stereocenters. The van der Waals surface area contributed by atoms with Gasteiger partial charge in [-0.25, -0.2) is 0 Å². The quantitative estimate of drug-likeness (QED) is 0.746. The molecule has 1 rings (SSSR count). The van der Waals surface area contributed by atoms with Crippen LogP contribution in [0.1, 0.15) is 33.1 Å². The third-order valence-electron chi connectivity index (χ3n) is 3.09. The van der Waals surface area contributed by atoms with E-state index in [1.165, 1.54) is 12.2 Å². The van der Waals surface area contributed by atoms with Crippen LogP contribution < -0.4 is 10.6 Å². The van der Waals surface area contributed by atoms with Gasteiger partial charge in [0.1, 0.15) is 0 Å². The van der Waals surface area contributed by atoms with Gasteiger partial charge in [-0.3, -0.25) is 4.79 Å². The summed E-state index contributed by atoms with van der Waals surface area (Å²) in [5, 5.41) is 6.96. The predicted octanol–water partition coefficient (Wildman–Crippen LogP) is 1.63. The summed E-state index contributed by atoms with van der Waals surface area (Å²) in [5.74, 6) is 1.45. The summed E-state index contributed by atoms with van der Waals surface area (Å²) in [6, 6.07) is 0.413. The van der Waals surface area contributed by atoms with E-state index in [1.807, 2.05) is 25.7 Å². The molecule has 0 radical (unpaired) electrons. The van der Waals surface area contributed by atoms with Crippen LogP contribution in [-0.4, -0.2) is 36.5 Å². The second kappa shape index (κ2) is 7.17. The van der Waals surface area contributed by atoms with Gasteiger partial charge in [-0.1, -0.05) is 13.8 Å². The maximum absolute atomic E-state index is 11.8. The Labute approximate surface area is 103 Å². The van der Waals surface area contributed by atoms with Crippen LogP contribution in [0.3, 0.4) is 0 Å². The average Bonchev–Trinajstić information content (AvgIpc) is 2.66. The fourth-order valence-corrected chi connectivity index (χ4v) is 3.34. The van der Waals surface area contributed by atoms with Crippen LogP contribution in [0.2, 0.25) is 0 Å². The van der Waals surface area contributed by atoms with E-state index in [1.54, 1.807) is 0 Å². The highest BCUT2D eigenvalue weighted by Gasteiger charge is 2.26. The highest BCUT2D eigenvalue weighted by molar-refractivity contribution is 7.99. The molecule has 2 N–H and O–H groups in total. The zero-order chi connectivity index (χ0) is 12.0. The zero-order valence-corrected chi connectivity index (χ0v) is 11.4. The molecule has 94 valence electrons. The molecule has 1 aliphatic rings. The van der Waals surface area contributed by atoms with Crippen molar-refractivity contribution in [2.45, 2.75) is 44.4 Å². The van der Waals surface area contributed by atoms with E-state index in [0.29, 0.717) is 6.04 Å². The van der Waals surface area contributed by atoms with Crippen molar-refractivity contribution in [3.05, 3.63) is 0 Å². The van der Waals surface area contributed by atoms with Crippen LogP contribution in [0.15, 0.2) is 0 Å². The Morgan fingerprint density at radius 3 is 2.88 bits per heavy atom. The normalized spacial score (nSPS) is 26.7. The van der Waals surface area contributed by atoms with Gasteiger partial charge in [0.2, 0.25) is 5.91 Å². The van der Waals surface area contributed by atoms with Crippen LogP contribution in [0.4, 0.5) is 0 Å². The van der Waals surface area contributed by atoms with Gasteiger partial charge in [0.15, 0.2) is 0 Å². The second-order valence-corrected chi connectivity index (χ2v) is 6.13. The zero-order valence-electron chi connectivity index (χ0n) is 10.6. The Bertz CT molecular complexity index is 223. The van der Waals surface area contributed by atoms with Crippen LogP contribution in [-0.2, 0) is 4.79 Å². The van der Waals surface area contributed by atoms with E-state index in [0.717, 1.165) is 24.6 Å². The largest absolute Gasteiger partial charge is 0.353 e. The average molecular weight is 244 g/mol. The number of nitrogens with one attached hydrogen (secondary N) is 2. The van der Waals surface area contributed by atoms with E-state index in [-0.39, 0.29) is 11.8 Å². The number of thioether (sulfide) groups is 1. The second-order valence-electron chi connectivity index (χ2n) is 4.55. The lowest BCUT2D eigenvalue weighted by Crippen LogP contribution is -2.39. The van der Waals surface area contributed by atoms with Gasteiger partial charge in [-0.15, -0.1) is 0 Å². The number of amides is 1.